The first kappa shape index (κ1) is 14.8. The lowest BCUT2D eigenvalue weighted by Crippen LogP contribution is -2.47. The number of urea groups is 1. The zero-order valence-corrected chi connectivity index (χ0v) is 11.3. The van der Waals surface area contributed by atoms with Crippen LogP contribution in [0.2, 0.25) is 0 Å². The maximum Gasteiger partial charge on any atom is 0.315 e. The van der Waals surface area contributed by atoms with Gasteiger partial charge >= 0.3 is 12.0 Å². The van der Waals surface area contributed by atoms with Gasteiger partial charge in [-0.3, -0.25) is 4.79 Å². The Balaban J connectivity index is 2.39. The van der Waals surface area contributed by atoms with Gasteiger partial charge in [-0.25, -0.2) is 4.79 Å². The van der Waals surface area contributed by atoms with Crippen molar-refractivity contribution >= 4 is 12.0 Å². The van der Waals surface area contributed by atoms with Gasteiger partial charge in [0, 0.05) is 12.6 Å². The first-order chi connectivity index (χ1) is 8.50. The average molecular weight is 256 g/mol. The summed E-state index contributed by atoms with van der Waals surface area (Å²) in [5.41, 5.74) is -0.745. The Labute approximate surface area is 108 Å². The largest absolute Gasteiger partial charge is 0.481 e. The van der Waals surface area contributed by atoms with Crippen LogP contribution in [-0.4, -0.2) is 29.7 Å². The van der Waals surface area contributed by atoms with E-state index in [-0.39, 0.29) is 18.6 Å². The van der Waals surface area contributed by atoms with Gasteiger partial charge in [-0.2, -0.15) is 0 Å². The second kappa shape index (κ2) is 6.61. The molecule has 0 aromatic heterocycles. The molecule has 0 bridgehead atoms. The van der Waals surface area contributed by atoms with Crippen LogP contribution in [0.25, 0.3) is 0 Å². The lowest BCUT2D eigenvalue weighted by Gasteiger charge is -2.24. The van der Waals surface area contributed by atoms with Crippen molar-refractivity contribution in [2.24, 2.45) is 5.41 Å². The maximum atomic E-state index is 11.6. The van der Waals surface area contributed by atoms with Crippen LogP contribution in [0.5, 0.6) is 0 Å². The van der Waals surface area contributed by atoms with Crippen molar-refractivity contribution in [3.63, 3.8) is 0 Å². The van der Waals surface area contributed by atoms with Gasteiger partial charge in [0.2, 0.25) is 0 Å². The molecule has 0 radical (unpaired) electrons. The van der Waals surface area contributed by atoms with E-state index < -0.39 is 11.4 Å². The molecule has 0 spiro atoms. The number of hydrogen-bond acceptors (Lipinski definition) is 2. The van der Waals surface area contributed by atoms with E-state index in [2.05, 4.69) is 17.6 Å². The molecule has 1 fully saturated rings. The quantitative estimate of drug-likeness (QED) is 0.681. The second-order valence-corrected chi connectivity index (χ2v) is 5.31. The highest BCUT2D eigenvalue weighted by molar-refractivity contribution is 5.78. The van der Waals surface area contributed by atoms with Crippen LogP contribution in [0.1, 0.15) is 52.4 Å². The second-order valence-electron chi connectivity index (χ2n) is 5.31. The summed E-state index contributed by atoms with van der Waals surface area (Å²) in [6, 6.07) is -0.136. The molecule has 5 nitrogen and oxygen atoms in total. The lowest BCUT2D eigenvalue weighted by molar-refractivity contribution is -0.148. The minimum Gasteiger partial charge on any atom is -0.481 e. The standard InChI is InChI=1S/C13H24N2O3/c1-3-6-10(2)15-12(18)14-9-13(11(16)17)7-4-5-8-13/h10H,3-9H2,1-2H3,(H,16,17)(H2,14,15,18). The topological polar surface area (TPSA) is 78.4 Å². The number of hydrogen-bond donors (Lipinski definition) is 3. The molecule has 0 saturated heterocycles. The van der Waals surface area contributed by atoms with Crippen LogP contribution in [0, 0.1) is 5.41 Å². The molecule has 0 aromatic rings. The van der Waals surface area contributed by atoms with Crippen LogP contribution in [-0.2, 0) is 4.79 Å². The van der Waals surface area contributed by atoms with Crippen LogP contribution < -0.4 is 10.6 Å². The van der Waals surface area contributed by atoms with Gasteiger partial charge < -0.3 is 15.7 Å². The zero-order chi connectivity index (χ0) is 13.6. The smallest absolute Gasteiger partial charge is 0.315 e. The fourth-order valence-electron chi connectivity index (χ4n) is 2.55. The highest BCUT2D eigenvalue weighted by atomic mass is 16.4. The molecule has 0 aliphatic heterocycles. The number of nitrogens with one attached hydrogen (secondary N) is 2. The first-order valence-corrected chi connectivity index (χ1v) is 6.78. The first-order valence-electron chi connectivity index (χ1n) is 6.78. The predicted molar refractivity (Wildman–Crippen MR) is 69.4 cm³/mol. The van der Waals surface area contributed by atoms with E-state index in [4.69, 9.17) is 0 Å². The summed E-state index contributed by atoms with van der Waals surface area (Å²) in [6.07, 6.45) is 5.13. The molecule has 1 saturated carbocycles. The van der Waals surface area contributed by atoms with E-state index in [1.165, 1.54) is 0 Å². The van der Waals surface area contributed by atoms with Crippen LogP contribution in [0.15, 0.2) is 0 Å². The molecular weight excluding hydrogens is 232 g/mol. The van der Waals surface area contributed by atoms with Gasteiger partial charge in [0.05, 0.1) is 5.41 Å². The van der Waals surface area contributed by atoms with E-state index in [1.807, 2.05) is 6.92 Å². The van der Waals surface area contributed by atoms with Gasteiger partial charge in [-0.1, -0.05) is 26.2 Å². The number of aliphatic carboxylic acids is 1. The van der Waals surface area contributed by atoms with Crippen LogP contribution in [0.4, 0.5) is 4.79 Å². The third-order valence-electron chi connectivity index (χ3n) is 3.70. The molecule has 1 aliphatic rings. The zero-order valence-electron chi connectivity index (χ0n) is 11.3. The molecule has 1 aliphatic carbocycles. The van der Waals surface area contributed by atoms with Gasteiger partial charge in [0.15, 0.2) is 0 Å². The Bertz CT molecular complexity index is 299. The number of carboxylic acid groups (broad SMARTS) is 1. The SMILES string of the molecule is CCCC(C)NC(=O)NCC1(C(=O)O)CCCC1. The highest BCUT2D eigenvalue weighted by Crippen LogP contribution is 2.37. The molecule has 1 rings (SSSR count). The van der Waals surface area contributed by atoms with Gasteiger partial charge in [0.25, 0.3) is 0 Å². The lowest BCUT2D eigenvalue weighted by atomic mass is 9.86. The minimum absolute atomic E-state index is 0.124. The molecule has 104 valence electrons. The van der Waals surface area contributed by atoms with Gasteiger partial charge in [-0.05, 0) is 26.2 Å². The van der Waals surface area contributed by atoms with Crippen molar-refractivity contribution in [2.45, 2.75) is 58.4 Å². The minimum atomic E-state index is -0.790. The summed E-state index contributed by atoms with van der Waals surface area (Å²) in [5, 5.41) is 14.8. The van der Waals surface area contributed by atoms with Crippen molar-refractivity contribution in [3.8, 4) is 0 Å². The van der Waals surface area contributed by atoms with E-state index in [1.54, 1.807) is 0 Å². The van der Waals surface area contributed by atoms with Gasteiger partial charge in [0.1, 0.15) is 0 Å². The summed E-state index contributed by atoms with van der Waals surface area (Å²) in [6.45, 7) is 4.24. The van der Waals surface area contributed by atoms with E-state index in [0.29, 0.717) is 12.8 Å². The van der Waals surface area contributed by atoms with E-state index in [9.17, 15) is 14.7 Å². The van der Waals surface area contributed by atoms with Crippen LogP contribution in [0.3, 0.4) is 0 Å². The molecular formula is C13H24N2O3. The Kier molecular flexibility index (Phi) is 5.44. The predicted octanol–water partition coefficient (Wildman–Crippen LogP) is 2.12. The Morgan fingerprint density at radius 1 is 1.33 bits per heavy atom. The monoisotopic (exact) mass is 256 g/mol. The van der Waals surface area contributed by atoms with Gasteiger partial charge in [-0.15, -0.1) is 0 Å². The average Bonchev–Trinajstić information content (AvgIpc) is 2.76. The third kappa shape index (κ3) is 3.89. The van der Waals surface area contributed by atoms with Crippen molar-refractivity contribution in [1.29, 1.82) is 0 Å². The number of carbonyl (C=O) groups excluding carboxylic acids is 1. The Morgan fingerprint density at radius 2 is 1.94 bits per heavy atom. The van der Waals surface area contributed by atoms with E-state index >= 15 is 0 Å². The summed E-state index contributed by atoms with van der Waals surface area (Å²) in [4.78, 5) is 22.9. The molecule has 0 heterocycles. The van der Waals surface area contributed by atoms with E-state index in [0.717, 1.165) is 25.7 Å². The maximum absolute atomic E-state index is 11.6. The fraction of sp³-hybridized carbons (Fsp3) is 0.846. The number of rotatable bonds is 6. The molecule has 3 N–H and O–H groups in total. The number of carboxylic acids is 1. The Hall–Kier alpha value is -1.26. The normalized spacial score (nSPS) is 19.2. The van der Waals surface area contributed by atoms with Crippen molar-refractivity contribution in [2.75, 3.05) is 6.54 Å². The third-order valence-corrected chi connectivity index (χ3v) is 3.70. The molecule has 1 atom stereocenters. The Morgan fingerprint density at radius 3 is 2.44 bits per heavy atom. The fourth-order valence-corrected chi connectivity index (χ4v) is 2.55. The van der Waals surface area contributed by atoms with Crippen molar-refractivity contribution in [3.05, 3.63) is 0 Å². The summed E-state index contributed by atoms with van der Waals surface area (Å²) < 4.78 is 0. The summed E-state index contributed by atoms with van der Waals surface area (Å²) >= 11 is 0. The molecule has 2 amide bonds. The number of carbonyl (C=O) groups is 2. The highest BCUT2D eigenvalue weighted by Gasteiger charge is 2.41. The summed E-state index contributed by atoms with van der Waals surface area (Å²) in [5.74, 6) is -0.790. The van der Waals surface area contributed by atoms with Crippen molar-refractivity contribution in [1.82, 2.24) is 10.6 Å². The molecule has 1 unspecified atom stereocenters. The molecule has 5 heteroatoms. The van der Waals surface area contributed by atoms with Crippen molar-refractivity contribution < 1.29 is 14.7 Å². The number of amides is 2. The molecule has 18 heavy (non-hydrogen) atoms. The van der Waals surface area contributed by atoms with Crippen LogP contribution >= 0.6 is 0 Å². The molecule has 0 aromatic carbocycles. The summed E-state index contributed by atoms with van der Waals surface area (Å²) in [7, 11) is 0.